The van der Waals surface area contributed by atoms with E-state index in [1.54, 1.807) is 0 Å². The van der Waals surface area contributed by atoms with Gasteiger partial charge in [-0.15, -0.1) is 0 Å². The summed E-state index contributed by atoms with van der Waals surface area (Å²) in [5.41, 5.74) is 4.20. The Hall–Kier alpha value is -2.43. The molecule has 4 heteroatoms. The van der Waals surface area contributed by atoms with Crippen molar-refractivity contribution < 1.29 is 9.47 Å². The highest BCUT2D eigenvalue weighted by atomic mass is 16.6. The predicted molar refractivity (Wildman–Crippen MR) is 88.9 cm³/mol. The minimum atomic E-state index is -0.184. The van der Waals surface area contributed by atoms with Crippen molar-refractivity contribution in [3.8, 4) is 22.5 Å². The summed E-state index contributed by atoms with van der Waals surface area (Å²) in [6.07, 6.45) is -0.184. The van der Waals surface area contributed by atoms with Gasteiger partial charge in [-0.1, -0.05) is 60.7 Å². The molecule has 23 heavy (non-hydrogen) atoms. The summed E-state index contributed by atoms with van der Waals surface area (Å²) in [5.74, 6) is 0. The second-order valence-corrected chi connectivity index (χ2v) is 5.49. The van der Waals surface area contributed by atoms with E-state index in [0.29, 0.717) is 19.8 Å². The molecule has 1 aliphatic heterocycles. The van der Waals surface area contributed by atoms with Crippen LogP contribution in [-0.2, 0) is 9.47 Å². The fraction of sp³-hybridized carbons (Fsp3) is 0.211. The van der Waals surface area contributed by atoms with Gasteiger partial charge in [0.25, 0.3) is 0 Å². The summed E-state index contributed by atoms with van der Waals surface area (Å²) in [6, 6.07) is 22.6. The summed E-state index contributed by atoms with van der Waals surface area (Å²) < 4.78 is 13.3. The van der Waals surface area contributed by atoms with Crippen LogP contribution in [0, 0.1) is 0 Å². The van der Waals surface area contributed by atoms with Crippen LogP contribution in [0.2, 0.25) is 0 Å². The van der Waals surface area contributed by atoms with Crippen LogP contribution in [0.3, 0.4) is 0 Å². The van der Waals surface area contributed by atoms with E-state index in [1.807, 2.05) is 41.1 Å². The van der Waals surface area contributed by atoms with Crippen molar-refractivity contribution in [1.82, 2.24) is 9.78 Å². The molecule has 0 aliphatic carbocycles. The fourth-order valence-corrected chi connectivity index (χ4v) is 2.81. The van der Waals surface area contributed by atoms with E-state index in [2.05, 4.69) is 30.3 Å². The molecule has 1 unspecified atom stereocenters. The van der Waals surface area contributed by atoms with Gasteiger partial charge in [0.15, 0.2) is 6.23 Å². The third-order valence-electron chi connectivity index (χ3n) is 3.95. The van der Waals surface area contributed by atoms with Gasteiger partial charge < -0.3 is 9.47 Å². The van der Waals surface area contributed by atoms with Crippen LogP contribution < -0.4 is 0 Å². The molecule has 0 amide bonds. The maximum Gasteiger partial charge on any atom is 0.174 e. The van der Waals surface area contributed by atoms with Gasteiger partial charge in [0.1, 0.15) is 0 Å². The minimum absolute atomic E-state index is 0.184. The molecule has 1 saturated heterocycles. The number of aromatic nitrogens is 2. The fourth-order valence-electron chi connectivity index (χ4n) is 2.81. The third-order valence-corrected chi connectivity index (χ3v) is 3.95. The molecule has 1 fully saturated rings. The maximum atomic E-state index is 5.85. The number of benzene rings is 2. The van der Waals surface area contributed by atoms with E-state index in [4.69, 9.17) is 14.6 Å². The Morgan fingerprint density at radius 3 is 2.22 bits per heavy atom. The largest absolute Gasteiger partial charge is 0.374 e. The molecule has 1 aliphatic rings. The molecule has 4 rings (SSSR count). The highest BCUT2D eigenvalue weighted by Crippen LogP contribution is 2.29. The lowest BCUT2D eigenvalue weighted by molar-refractivity contribution is -0.126. The molecule has 0 saturated carbocycles. The third kappa shape index (κ3) is 2.91. The normalized spacial score (nSPS) is 18.0. The first-order chi connectivity index (χ1) is 11.4. The average molecular weight is 306 g/mol. The van der Waals surface area contributed by atoms with Gasteiger partial charge in [-0.2, -0.15) is 5.10 Å². The average Bonchev–Trinajstić information content (AvgIpc) is 3.09. The number of hydrogen-bond donors (Lipinski definition) is 0. The van der Waals surface area contributed by atoms with Crippen LogP contribution in [0.5, 0.6) is 0 Å². The molecule has 2 aromatic carbocycles. The van der Waals surface area contributed by atoms with Crippen molar-refractivity contribution in [3.63, 3.8) is 0 Å². The molecule has 0 spiro atoms. The Morgan fingerprint density at radius 1 is 0.870 bits per heavy atom. The number of hydrogen-bond acceptors (Lipinski definition) is 3. The Bertz CT molecular complexity index is 763. The van der Waals surface area contributed by atoms with E-state index < -0.39 is 0 Å². The van der Waals surface area contributed by atoms with E-state index >= 15 is 0 Å². The first-order valence-corrected chi connectivity index (χ1v) is 7.81. The van der Waals surface area contributed by atoms with Crippen molar-refractivity contribution in [1.29, 1.82) is 0 Å². The molecule has 4 nitrogen and oxygen atoms in total. The van der Waals surface area contributed by atoms with Gasteiger partial charge in [0.05, 0.1) is 31.2 Å². The number of rotatable bonds is 3. The molecule has 3 aromatic rings. The Kier molecular flexibility index (Phi) is 3.92. The first-order valence-electron chi connectivity index (χ1n) is 7.81. The van der Waals surface area contributed by atoms with Crippen molar-refractivity contribution in [2.45, 2.75) is 6.23 Å². The van der Waals surface area contributed by atoms with Crippen LogP contribution in [0.25, 0.3) is 22.5 Å². The van der Waals surface area contributed by atoms with Crippen LogP contribution in [0.15, 0.2) is 66.7 Å². The molecule has 1 atom stereocenters. The monoisotopic (exact) mass is 306 g/mol. The molecule has 0 N–H and O–H groups in total. The second-order valence-electron chi connectivity index (χ2n) is 5.49. The van der Waals surface area contributed by atoms with Gasteiger partial charge >= 0.3 is 0 Å². The zero-order chi connectivity index (χ0) is 15.5. The van der Waals surface area contributed by atoms with Crippen LogP contribution in [0.1, 0.15) is 6.23 Å². The van der Waals surface area contributed by atoms with Crippen molar-refractivity contribution in [3.05, 3.63) is 66.7 Å². The summed E-state index contributed by atoms with van der Waals surface area (Å²) in [7, 11) is 0. The van der Waals surface area contributed by atoms with Crippen LogP contribution >= 0.6 is 0 Å². The summed E-state index contributed by atoms with van der Waals surface area (Å²) in [4.78, 5) is 0. The molecular formula is C19H18N2O2. The van der Waals surface area contributed by atoms with Gasteiger partial charge in [-0.05, 0) is 11.6 Å². The Balaban J connectivity index is 1.80. The van der Waals surface area contributed by atoms with Crippen molar-refractivity contribution >= 4 is 0 Å². The van der Waals surface area contributed by atoms with Gasteiger partial charge in [-0.25, -0.2) is 4.68 Å². The highest BCUT2D eigenvalue weighted by molar-refractivity contribution is 5.68. The SMILES string of the molecule is c1ccc(-c2cc(-c3ccccc3)n(C3COCCO3)n2)cc1. The van der Waals surface area contributed by atoms with Crippen molar-refractivity contribution in [2.24, 2.45) is 0 Å². The summed E-state index contributed by atoms with van der Waals surface area (Å²) >= 11 is 0. The van der Waals surface area contributed by atoms with Crippen molar-refractivity contribution in [2.75, 3.05) is 19.8 Å². The minimum Gasteiger partial charge on any atom is -0.374 e. The Morgan fingerprint density at radius 2 is 1.57 bits per heavy atom. The molecule has 2 heterocycles. The van der Waals surface area contributed by atoms with Gasteiger partial charge in [0.2, 0.25) is 0 Å². The zero-order valence-electron chi connectivity index (χ0n) is 12.8. The Labute approximate surface area is 135 Å². The lowest BCUT2D eigenvalue weighted by atomic mass is 10.1. The quantitative estimate of drug-likeness (QED) is 0.739. The summed E-state index contributed by atoms with van der Waals surface area (Å²) in [6.45, 7) is 1.76. The second kappa shape index (κ2) is 6.36. The topological polar surface area (TPSA) is 36.3 Å². The lowest BCUT2D eigenvalue weighted by Crippen LogP contribution is -2.27. The number of nitrogens with zero attached hydrogens (tertiary/aromatic N) is 2. The van der Waals surface area contributed by atoms with E-state index in [9.17, 15) is 0 Å². The predicted octanol–water partition coefficient (Wildman–Crippen LogP) is 3.76. The molecule has 116 valence electrons. The summed E-state index contributed by atoms with van der Waals surface area (Å²) in [5, 5.41) is 4.79. The highest BCUT2D eigenvalue weighted by Gasteiger charge is 2.22. The van der Waals surface area contributed by atoms with E-state index in [-0.39, 0.29) is 6.23 Å². The van der Waals surface area contributed by atoms with Gasteiger partial charge in [-0.3, -0.25) is 0 Å². The maximum absolute atomic E-state index is 5.85. The standard InChI is InChI=1S/C19H18N2O2/c1-3-7-15(8-4-1)17-13-18(16-9-5-2-6-10-16)21(20-17)19-14-22-11-12-23-19/h1-10,13,19H,11-12,14H2. The molecule has 1 aromatic heterocycles. The smallest absolute Gasteiger partial charge is 0.174 e. The van der Waals surface area contributed by atoms with Crippen LogP contribution in [0.4, 0.5) is 0 Å². The molecule has 0 radical (unpaired) electrons. The lowest BCUT2D eigenvalue weighted by Gasteiger charge is -2.24. The first kappa shape index (κ1) is 14.2. The molecule has 0 bridgehead atoms. The van der Waals surface area contributed by atoms with E-state index in [1.165, 1.54) is 0 Å². The number of ether oxygens (including phenoxy) is 2. The van der Waals surface area contributed by atoms with Crippen LogP contribution in [-0.4, -0.2) is 29.6 Å². The van der Waals surface area contributed by atoms with Gasteiger partial charge in [0, 0.05) is 5.56 Å². The molecular weight excluding hydrogens is 288 g/mol. The zero-order valence-corrected chi connectivity index (χ0v) is 12.8. The van der Waals surface area contributed by atoms with E-state index in [0.717, 1.165) is 22.5 Å².